The van der Waals surface area contributed by atoms with Gasteiger partial charge in [-0.2, -0.15) is 0 Å². The summed E-state index contributed by atoms with van der Waals surface area (Å²) in [6.07, 6.45) is -8.90. The Kier molecular flexibility index (Phi) is 4.43. The first kappa shape index (κ1) is 16.0. The van der Waals surface area contributed by atoms with Gasteiger partial charge in [0.2, 0.25) is 0 Å². The molecule has 0 N–H and O–H groups in total. The third kappa shape index (κ3) is 3.73. The molecule has 0 amide bonds. The van der Waals surface area contributed by atoms with Gasteiger partial charge in [-0.15, -0.1) is 13.2 Å². The summed E-state index contributed by atoms with van der Waals surface area (Å²) >= 11 is 4.89. The number of nitro groups is 1. The number of carbonyl (C=O) groups is 1. The second-order valence-electron chi connectivity index (χ2n) is 3.13. The standard InChI is InChI=1S/C8H2ClF5N2O4/c9-5(17)4-2(6(10)11)1-3(16(18)19)15-7(4)20-8(12,13)14/h1,6H. The van der Waals surface area contributed by atoms with Crippen LogP contribution >= 0.6 is 11.6 Å². The lowest BCUT2D eigenvalue weighted by molar-refractivity contribution is -0.390. The van der Waals surface area contributed by atoms with Crippen LogP contribution in [0.15, 0.2) is 6.07 Å². The summed E-state index contributed by atoms with van der Waals surface area (Å²) in [5.74, 6) is -3.05. The van der Waals surface area contributed by atoms with Gasteiger partial charge in [0.1, 0.15) is 5.56 Å². The molecule has 12 heteroatoms. The van der Waals surface area contributed by atoms with Crippen molar-refractivity contribution in [2.45, 2.75) is 12.8 Å². The molecule has 0 saturated heterocycles. The van der Waals surface area contributed by atoms with Crippen molar-refractivity contribution in [3.05, 3.63) is 27.3 Å². The van der Waals surface area contributed by atoms with E-state index in [4.69, 9.17) is 11.6 Å². The van der Waals surface area contributed by atoms with Crippen molar-refractivity contribution in [1.82, 2.24) is 4.98 Å². The summed E-state index contributed by atoms with van der Waals surface area (Å²) in [5.41, 5.74) is -2.77. The van der Waals surface area contributed by atoms with Crippen LogP contribution < -0.4 is 4.74 Å². The van der Waals surface area contributed by atoms with Crippen LogP contribution in [0.3, 0.4) is 0 Å². The molecule has 0 unspecified atom stereocenters. The summed E-state index contributed by atoms with van der Waals surface area (Å²) in [7, 11) is 0. The number of hydrogen-bond acceptors (Lipinski definition) is 5. The molecule has 1 aromatic heterocycles. The molecule has 0 spiro atoms. The quantitative estimate of drug-likeness (QED) is 0.368. The summed E-state index contributed by atoms with van der Waals surface area (Å²) < 4.78 is 64.7. The third-order valence-corrected chi connectivity index (χ3v) is 2.02. The van der Waals surface area contributed by atoms with E-state index < -0.39 is 45.8 Å². The largest absolute Gasteiger partial charge is 0.575 e. The normalized spacial score (nSPS) is 11.6. The fourth-order valence-corrected chi connectivity index (χ4v) is 1.36. The Morgan fingerprint density at radius 2 is 2.00 bits per heavy atom. The molecule has 1 rings (SSSR count). The molecular formula is C8H2ClF5N2O4. The molecule has 1 aromatic rings. The molecule has 20 heavy (non-hydrogen) atoms. The zero-order valence-corrected chi connectivity index (χ0v) is 9.71. The Labute approximate surface area is 111 Å². The number of halogens is 6. The Morgan fingerprint density at radius 3 is 2.35 bits per heavy atom. The highest BCUT2D eigenvalue weighted by Gasteiger charge is 2.39. The van der Waals surface area contributed by atoms with Crippen LogP contribution in [0.25, 0.3) is 0 Å². The number of carbonyl (C=O) groups excluding carboxylic acids is 1. The average Bonchev–Trinajstić information content (AvgIpc) is 2.24. The lowest BCUT2D eigenvalue weighted by Crippen LogP contribution is -2.20. The molecule has 0 aliphatic carbocycles. The molecule has 6 nitrogen and oxygen atoms in total. The van der Waals surface area contributed by atoms with E-state index in [0.717, 1.165) is 0 Å². The number of alkyl halides is 5. The van der Waals surface area contributed by atoms with Gasteiger partial charge in [0.25, 0.3) is 11.7 Å². The molecule has 0 radical (unpaired) electrons. The fraction of sp³-hybridized carbons (Fsp3) is 0.250. The molecule has 0 bridgehead atoms. The minimum Gasteiger partial charge on any atom is -0.366 e. The lowest BCUT2D eigenvalue weighted by Gasteiger charge is -2.10. The van der Waals surface area contributed by atoms with E-state index in [2.05, 4.69) is 9.72 Å². The molecule has 0 fully saturated rings. The first-order valence-electron chi connectivity index (χ1n) is 4.46. The molecule has 110 valence electrons. The predicted octanol–water partition coefficient (Wildman–Crippen LogP) is 3.21. The summed E-state index contributed by atoms with van der Waals surface area (Å²) in [4.78, 5) is 22.8. The van der Waals surface area contributed by atoms with Crippen molar-refractivity contribution in [3.63, 3.8) is 0 Å². The van der Waals surface area contributed by atoms with Gasteiger partial charge >= 0.3 is 18.1 Å². The monoisotopic (exact) mass is 320 g/mol. The van der Waals surface area contributed by atoms with Gasteiger partial charge in [0.15, 0.2) is 0 Å². The van der Waals surface area contributed by atoms with Crippen molar-refractivity contribution in [2.75, 3.05) is 0 Å². The van der Waals surface area contributed by atoms with E-state index in [0.29, 0.717) is 0 Å². The van der Waals surface area contributed by atoms with Crippen LogP contribution in [-0.2, 0) is 0 Å². The van der Waals surface area contributed by atoms with Crippen LogP contribution in [0.5, 0.6) is 5.88 Å². The molecule has 0 aliphatic heterocycles. The smallest absolute Gasteiger partial charge is 0.366 e. The van der Waals surface area contributed by atoms with Crippen LogP contribution in [0.2, 0.25) is 0 Å². The van der Waals surface area contributed by atoms with Gasteiger partial charge in [0, 0.05) is 16.6 Å². The zero-order valence-electron chi connectivity index (χ0n) is 8.95. The van der Waals surface area contributed by atoms with E-state index >= 15 is 0 Å². The second kappa shape index (κ2) is 5.53. The summed E-state index contributed by atoms with van der Waals surface area (Å²) in [6.45, 7) is 0. The Morgan fingerprint density at radius 1 is 1.45 bits per heavy atom. The zero-order chi connectivity index (χ0) is 15.7. The van der Waals surface area contributed by atoms with E-state index in [-0.39, 0.29) is 6.07 Å². The van der Waals surface area contributed by atoms with Crippen molar-refractivity contribution in [3.8, 4) is 5.88 Å². The topological polar surface area (TPSA) is 82.3 Å². The van der Waals surface area contributed by atoms with Crippen LogP contribution in [-0.4, -0.2) is 21.5 Å². The number of hydrogen-bond donors (Lipinski definition) is 0. The maximum atomic E-state index is 12.6. The molecule has 0 atom stereocenters. The van der Waals surface area contributed by atoms with Gasteiger partial charge in [0.05, 0.1) is 0 Å². The number of pyridine rings is 1. The molecule has 0 aliphatic rings. The third-order valence-electron chi connectivity index (χ3n) is 1.83. The van der Waals surface area contributed by atoms with Crippen LogP contribution in [0.4, 0.5) is 27.8 Å². The average molecular weight is 321 g/mol. The Bertz CT molecular complexity index is 563. The highest BCUT2D eigenvalue weighted by Crippen LogP contribution is 2.35. The van der Waals surface area contributed by atoms with Gasteiger partial charge in [-0.05, 0) is 16.5 Å². The van der Waals surface area contributed by atoms with E-state index in [1.807, 2.05) is 0 Å². The van der Waals surface area contributed by atoms with Gasteiger partial charge in [-0.1, -0.05) is 0 Å². The number of nitrogens with zero attached hydrogens (tertiary/aromatic N) is 2. The van der Waals surface area contributed by atoms with Crippen molar-refractivity contribution < 1.29 is 36.4 Å². The number of aromatic nitrogens is 1. The minimum atomic E-state index is -5.40. The maximum Gasteiger partial charge on any atom is 0.575 e. The lowest BCUT2D eigenvalue weighted by atomic mass is 10.1. The Balaban J connectivity index is 3.59. The molecule has 1 heterocycles. The molecular weight excluding hydrogens is 319 g/mol. The van der Waals surface area contributed by atoms with Crippen molar-refractivity contribution in [2.24, 2.45) is 0 Å². The van der Waals surface area contributed by atoms with Gasteiger partial charge in [-0.3, -0.25) is 4.79 Å². The van der Waals surface area contributed by atoms with E-state index in [1.165, 1.54) is 0 Å². The number of rotatable bonds is 4. The first-order valence-corrected chi connectivity index (χ1v) is 4.83. The van der Waals surface area contributed by atoms with E-state index in [9.17, 15) is 36.9 Å². The molecule has 0 aromatic carbocycles. The predicted molar refractivity (Wildman–Crippen MR) is 52.7 cm³/mol. The highest BCUT2D eigenvalue weighted by atomic mass is 35.5. The Hall–Kier alpha value is -2.04. The number of ether oxygens (including phenoxy) is 1. The minimum absolute atomic E-state index is 0.142. The van der Waals surface area contributed by atoms with Crippen LogP contribution in [0, 0.1) is 10.1 Å². The SMILES string of the molecule is O=C(Cl)c1c(C(F)F)cc([N+](=O)[O-])nc1OC(F)(F)F. The molecule has 0 saturated carbocycles. The first-order chi connectivity index (χ1) is 9.03. The van der Waals surface area contributed by atoms with Crippen molar-refractivity contribution in [1.29, 1.82) is 0 Å². The van der Waals surface area contributed by atoms with E-state index in [1.54, 1.807) is 0 Å². The summed E-state index contributed by atoms with van der Waals surface area (Å²) in [5, 5.41) is 8.70. The maximum absolute atomic E-state index is 12.6. The highest BCUT2D eigenvalue weighted by molar-refractivity contribution is 6.68. The fourth-order valence-electron chi connectivity index (χ4n) is 1.17. The van der Waals surface area contributed by atoms with Gasteiger partial charge < -0.3 is 14.9 Å². The summed E-state index contributed by atoms with van der Waals surface area (Å²) in [6, 6.07) is 0.142. The second-order valence-corrected chi connectivity index (χ2v) is 3.47. The van der Waals surface area contributed by atoms with Gasteiger partial charge in [-0.25, -0.2) is 8.78 Å². The van der Waals surface area contributed by atoms with Crippen LogP contribution in [0.1, 0.15) is 22.3 Å². The van der Waals surface area contributed by atoms with Crippen molar-refractivity contribution >= 4 is 22.7 Å².